The molecular weight excluding hydrogens is 397 g/mol. The van der Waals surface area contributed by atoms with E-state index in [0.29, 0.717) is 35.7 Å². The highest BCUT2D eigenvalue weighted by Gasteiger charge is 2.23. The zero-order valence-electron chi connectivity index (χ0n) is 17.3. The van der Waals surface area contributed by atoms with Gasteiger partial charge in [0.15, 0.2) is 11.5 Å². The summed E-state index contributed by atoms with van der Waals surface area (Å²) >= 11 is 0. The van der Waals surface area contributed by atoms with Gasteiger partial charge >= 0.3 is 0 Å². The highest BCUT2D eigenvalue weighted by atomic mass is 19.1. The van der Waals surface area contributed by atoms with Gasteiger partial charge in [-0.1, -0.05) is 18.2 Å². The van der Waals surface area contributed by atoms with Gasteiger partial charge in [-0.2, -0.15) is 0 Å². The molecule has 160 valence electrons. The smallest absolute Gasteiger partial charge is 0.254 e. The number of ether oxygens (including phenoxy) is 2. The molecule has 0 bridgehead atoms. The summed E-state index contributed by atoms with van der Waals surface area (Å²) in [5, 5.41) is 0. The Kier molecular flexibility index (Phi) is 6.31. The molecule has 4 rings (SSSR count). The minimum atomic E-state index is -0.318. The second-order valence-corrected chi connectivity index (χ2v) is 7.25. The first kappa shape index (κ1) is 20.7. The van der Waals surface area contributed by atoms with Crippen molar-refractivity contribution in [1.82, 2.24) is 9.88 Å². The number of carbonyl (C=O) groups is 1. The maximum Gasteiger partial charge on any atom is 0.254 e. The quantitative estimate of drug-likeness (QED) is 0.607. The average Bonchev–Trinajstić information content (AvgIpc) is 2.83. The molecule has 0 spiro atoms. The first-order valence-corrected chi connectivity index (χ1v) is 10.1. The van der Waals surface area contributed by atoms with E-state index < -0.39 is 0 Å². The molecule has 0 atom stereocenters. The summed E-state index contributed by atoms with van der Waals surface area (Å²) in [4.78, 5) is 21.4. The van der Waals surface area contributed by atoms with E-state index in [2.05, 4.69) is 9.88 Å². The average molecular weight is 421 g/mol. The maximum atomic E-state index is 13.4. The van der Waals surface area contributed by atoms with E-state index in [9.17, 15) is 9.18 Å². The number of hydrogen-bond acceptors (Lipinski definition) is 5. The second kappa shape index (κ2) is 9.47. The Hall–Kier alpha value is -3.61. The SMILES string of the molecule is COc1ccc(C(=O)N2CCN(c3ccccn3)CC2)cc1OCc1cccc(F)c1. The van der Waals surface area contributed by atoms with Crippen LogP contribution in [0.2, 0.25) is 0 Å². The van der Waals surface area contributed by atoms with Gasteiger partial charge in [-0.15, -0.1) is 0 Å². The first-order chi connectivity index (χ1) is 15.1. The lowest BCUT2D eigenvalue weighted by atomic mass is 10.1. The van der Waals surface area contributed by atoms with E-state index in [1.165, 1.54) is 12.1 Å². The molecule has 6 nitrogen and oxygen atoms in total. The lowest BCUT2D eigenvalue weighted by molar-refractivity contribution is 0.0746. The summed E-state index contributed by atoms with van der Waals surface area (Å²) in [6, 6.07) is 17.2. The van der Waals surface area contributed by atoms with Crippen LogP contribution in [-0.2, 0) is 6.61 Å². The van der Waals surface area contributed by atoms with E-state index in [-0.39, 0.29) is 18.3 Å². The number of nitrogens with zero attached hydrogens (tertiary/aromatic N) is 3. The monoisotopic (exact) mass is 421 g/mol. The van der Waals surface area contributed by atoms with Crippen molar-refractivity contribution in [2.75, 3.05) is 38.2 Å². The Morgan fingerprint density at radius 3 is 2.55 bits per heavy atom. The molecule has 1 aliphatic rings. The van der Waals surface area contributed by atoms with E-state index in [4.69, 9.17) is 9.47 Å². The van der Waals surface area contributed by atoms with Gasteiger partial charge in [0.2, 0.25) is 0 Å². The maximum absolute atomic E-state index is 13.4. The van der Waals surface area contributed by atoms with Crippen LogP contribution >= 0.6 is 0 Å². The van der Waals surface area contributed by atoms with Gasteiger partial charge in [0.25, 0.3) is 5.91 Å². The van der Waals surface area contributed by atoms with E-state index in [0.717, 1.165) is 18.9 Å². The molecular formula is C24H24FN3O3. The van der Waals surface area contributed by atoms with Crippen LogP contribution in [0.5, 0.6) is 11.5 Å². The molecule has 2 heterocycles. The van der Waals surface area contributed by atoms with Crippen LogP contribution < -0.4 is 14.4 Å². The molecule has 7 heteroatoms. The van der Waals surface area contributed by atoms with Crippen molar-refractivity contribution in [2.45, 2.75) is 6.61 Å². The van der Waals surface area contributed by atoms with Gasteiger partial charge in [0, 0.05) is 37.9 Å². The van der Waals surface area contributed by atoms with Crippen molar-refractivity contribution in [1.29, 1.82) is 0 Å². The molecule has 2 aromatic carbocycles. The van der Waals surface area contributed by atoms with E-state index >= 15 is 0 Å². The van der Waals surface area contributed by atoms with Crippen molar-refractivity contribution in [3.8, 4) is 11.5 Å². The number of methoxy groups -OCH3 is 1. The van der Waals surface area contributed by atoms with Crippen molar-refractivity contribution >= 4 is 11.7 Å². The Bertz CT molecular complexity index is 1040. The topological polar surface area (TPSA) is 54.9 Å². The van der Waals surface area contributed by atoms with Crippen molar-refractivity contribution in [2.24, 2.45) is 0 Å². The minimum absolute atomic E-state index is 0.0565. The van der Waals surface area contributed by atoms with E-state index in [1.807, 2.05) is 23.1 Å². The molecule has 1 amide bonds. The van der Waals surface area contributed by atoms with Crippen molar-refractivity contribution in [3.63, 3.8) is 0 Å². The van der Waals surface area contributed by atoms with Crippen molar-refractivity contribution < 1.29 is 18.7 Å². The Balaban J connectivity index is 1.43. The number of carbonyl (C=O) groups excluding carboxylic acids is 1. The first-order valence-electron chi connectivity index (χ1n) is 10.1. The number of rotatable bonds is 6. The molecule has 0 aliphatic carbocycles. The van der Waals surface area contributed by atoms with Crippen LogP contribution in [0.15, 0.2) is 66.9 Å². The molecule has 1 aromatic heterocycles. The molecule has 1 saturated heterocycles. The highest BCUT2D eigenvalue weighted by Crippen LogP contribution is 2.29. The zero-order valence-corrected chi connectivity index (χ0v) is 17.3. The van der Waals surface area contributed by atoms with Gasteiger partial charge in [-0.25, -0.2) is 9.37 Å². The molecule has 3 aromatic rings. The predicted octanol–water partition coefficient (Wildman–Crippen LogP) is 3.77. The van der Waals surface area contributed by atoms with Gasteiger partial charge < -0.3 is 19.3 Å². The van der Waals surface area contributed by atoms with E-state index in [1.54, 1.807) is 43.6 Å². The Labute approximate surface area is 180 Å². The zero-order chi connectivity index (χ0) is 21.6. The fourth-order valence-electron chi connectivity index (χ4n) is 3.57. The highest BCUT2D eigenvalue weighted by molar-refractivity contribution is 5.95. The minimum Gasteiger partial charge on any atom is -0.493 e. The summed E-state index contributed by atoms with van der Waals surface area (Å²) in [5.74, 6) is 1.52. The predicted molar refractivity (Wildman–Crippen MR) is 116 cm³/mol. The van der Waals surface area contributed by atoms with Crippen LogP contribution in [0.25, 0.3) is 0 Å². The number of halogens is 1. The third-order valence-electron chi connectivity index (χ3n) is 5.23. The van der Waals surface area contributed by atoms with Crippen LogP contribution in [-0.4, -0.2) is 49.1 Å². The summed E-state index contributed by atoms with van der Waals surface area (Å²) in [6.07, 6.45) is 1.77. The fourth-order valence-corrected chi connectivity index (χ4v) is 3.57. The normalized spacial score (nSPS) is 13.7. The number of aromatic nitrogens is 1. The number of amides is 1. The summed E-state index contributed by atoms with van der Waals surface area (Å²) in [6.45, 7) is 2.85. The lowest BCUT2D eigenvalue weighted by Crippen LogP contribution is -2.49. The largest absolute Gasteiger partial charge is 0.493 e. The summed E-state index contributed by atoms with van der Waals surface area (Å²) in [5.41, 5.74) is 1.23. The van der Waals surface area contributed by atoms with Crippen LogP contribution in [0.3, 0.4) is 0 Å². The number of pyridine rings is 1. The molecule has 0 N–H and O–H groups in total. The molecule has 0 saturated carbocycles. The molecule has 0 unspecified atom stereocenters. The standard InChI is InChI=1S/C24H24FN3O3/c1-30-21-9-8-19(16-22(21)31-17-18-5-4-6-20(25)15-18)24(29)28-13-11-27(12-14-28)23-7-2-3-10-26-23/h2-10,15-16H,11-14,17H2,1H3. The number of anilines is 1. The van der Waals surface area contributed by atoms with Crippen LogP contribution in [0, 0.1) is 5.82 Å². The van der Waals surface area contributed by atoms with Gasteiger partial charge in [-0.05, 0) is 48.0 Å². The van der Waals surface area contributed by atoms with Gasteiger partial charge in [0.1, 0.15) is 18.2 Å². The summed E-state index contributed by atoms with van der Waals surface area (Å²) < 4.78 is 24.6. The molecule has 1 aliphatic heterocycles. The Morgan fingerprint density at radius 2 is 1.84 bits per heavy atom. The number of benzene rings is 2. The van der Waals surface area contributed by atoms with Crippen LogP contribution in [0.1, 0.15) is 15.9 Å². The third kappa shape index (κ3) is 4.94. The summed E-state index contributed by atoms with van der Waals surface area (Å²) in [7, 11) is 1.54. The number of piperazine rings is 1. The Morgan fingerprint density at radius 1 is 1.00 bits per heavy atom. The van der Waals surface area contributed by atoms with Gasteiger partial charge in [-0.3, -0.25) is 4.79 Å². The number of hydrogen-bond donors (Lipinski definition) is 0. The fraction of sp³-hybridized carbons (Fsp3) is 0.250. The van der Waals surface area contributed by atoms with Gasteiger partial charge in [0.05, 0.1) is 7.11 Å². The second-order valence-electron chi connectivity index (χ2n) is 7.25. The van der Waals surface area contributed by atoms with Crippen LogP contribution in [0.4, 0.5) is 10.2 Å². The molecule has 0 radical (unpaired) electrons. The van der Waals surface area contributed by atoms with Crippen molar-refractivity contribution in [3.05, 3.63) is 83.8 Å². The third-order valence-corrected chi connectivity index (χ3v) is 5.23. The molecule has 31 heavy (non-hydrogen) atoms. The lowest BCUT2D eigenvalue weighted by Gasteiger charge is -2.35. The molecule has 1 fully saturated rings.